The zero-order valence-corrected chi connectivity index (χ0v) is 28.9. The van der Waals surface area contributed by atoms with E-state index in [1.807, 2.05) is 19.1 Å². The van der Waals surface area contributed by atoms with Crippen molar-refractivity contribution >= 4 is 46.0 Å². The normalized spacial score (nSPS) is 15.3. The zero-order chi connectivity index (χ0) is 32.0. The lowest BCUT2D eigenvalue weighted by Crippen LogP contribution is -2.36. The van der Waals surface area contributed by atoms with Crippen molar-refractivity contribution < 1.29 is 23.7 Å². The first kappa shape index (κ1) is 34.3. The van der Waals surface area contributed by atoms with E-state index in [0.29, 0.717) is 12.4 Å². The van der Waals surface area contributed by atoms with Crippen LogP contribution in [0.3, 0.4) is 0 Å². The van der Waals surface area contributed by atoms with E-state index in [4.69, 9.17) is 18.9 Å². The number of thiophene rings is 2. The van der Waals surface area contributed by atoms with Crippen LogP contribution in [0.1, 0.15) is 32.0 Å². The number of benzene rings is 1. The standard InChI is InChI=1S/C36H40N2O5S3/c1-3-42-36(39)27-43-33-11-8-31(26-28(33)2)44-25-14-32(34-12-9-29(45-34)6-4-15-37-17-21-40-22-18-37)35-13-10-30(46-35)7-5-16-38-19-23-41-24-20-38/h8-14,26H,3,15-25,27H2,1-2H3. The van der Waals surface area contributed by atoms with Crippen LogP contribution in [0.4, 0.5) is 0 Å². The molecule has 0 unspecified atom stereocenters. The van der Waals surface area contributed by atoms with Crippen molar-refractivity contribution in [3.05, 3.63) is 73.6 Å². The van der Waals surface area contributed by atoms with E-state index in [-0.39, 0.29) is 12.6 Å². The minimum absolute atomic E-state index is 0.0892. The van der Waals surface area contributed by atoms with Gasteiger partial charge in [0.05, 0.1) is 55.9 Å². The van der Waals surface area contributed by atoms with Crippen LogP contribution in [0.15, 0.2) is 53.4 Å². The van der Waals surface area contributed by atoms with Crippen molar-refractivity contribution in [1.29, 1.82) is 0 Å². The van der Waals surface area contributed by atoms with Crippen molar-refractivity contribution in [2.75, 3.05) is 84.7 Å². The van der Waals surface area contributed by atoms with Gasteiger partial charge < -0.3 is 18.9 Å². The van der Waals surface area contributed by atoms with Crippen LogP contribution in [0.2, 0.25) is 0 Å². The molecule has 2 saturated heterocycles. The smallest absolute Gasteiger partial charge is 0.344 e. The lowest BCUT2D eigenvalue weighted by atomic mass is 10.2. The van der Waals surface area contributed by atoms with Crippen LogP contribution in [0, 0.1) is 30.6 Å². The van der Waals surface area contributed by atoms with Crippen LogP contribution >= 0.6 is 34.4 Å². The van der Waals surface area contributed by atoms with Gasteiger partial charge in [-0.2, -0.15) is 0 Å². The highest BCUT2D eigenvalue weighted by molar-refractivity contribution is 7.99. The second-order valence-corrected chi connectivity index (χ2v) is 13.9. The van der Waals surface area contributed by atoms with Crippen LogP contribution in [0.5, 0.6) is 5.75 Å². The molecule has 0 N–H and O–H groups in total. The topological polar surface area (TPSA) is 60.5 Å². The molecule has 0 bridgehead atoms. The maximum atomic E-state index is 11.7. The molecule has 0 amide bonds. The van der Waals surface area contributed by atoms with E-state index in [2.05, 4.69) is 69.9 Å². The van der Waals surface area contributed by atoms with Crippen molar-refractivity contribution in [3.63, 3.8) is 0 Å². The van der Waals surface area contributed by atoms with E-state index in [9.17, 15) is 4.79 Å². The molecule has 7 nitrogen and oxygen atoms in total. The molecule has 242 valence electrons. The molecular weight excluding hydrogens is 637 g/mol. The summed E-state index contributed by atoms with van der Waals surface area (Å²) in [4.78, 5) is 22.0. The highest BCUT2D eigenvalue weighted by Crippen LogP contribution is 2.35. The molecule has 10 heteroatoms. The molecule has 2 aliphatic rings. The third-order valence-electron chi connectivity index (χ3n) is 7.31. The molecule has 0 radical (unpaired) electrons. The summed E-state index contributed by atoms with van der Waals surface area (Å²) in [5.41, 5.74) is 2.19. The largest absolute Gasteiger partial charge is 0.482 e. The van der Waals surface area contributed by atoms with Gasteiger partial charge in [0.1, 0.15) is 5.75 Å². The van der Waals surface area contributed by atoms with E-state index < -0.39 is 0 Å². The number of thioether (sulfide) groups is 1. The minimum atomic E-state index is -0.363. The molecule has 2 fully saturated rings. The molecule has 0 aliphatic carbocycles. The summed E-state index contributed by atoms with van der Waals surface area (Å²) in [7, 11) is 0. The number of carbonyl (C=O) groups is 1. The summed E-state index contributed by atoms with van der Waals surface area (Å²) in [5, 5.41) is 0. The van der Waals surface area contributed by atoms with Gasteiger partial charge in [-0.15, -0.1) is 34.4 Å². The molecule has 2 aromatic heterocycles. The summed E-state index contributed by atoms with van der Waals surface area (Å²) >= 11 is 5.23. The first-order chi connectivity index (χ1) is 22.6. The average molecular weight is 677 g/mol. The van der Waals surface area contributed by atoms with Gasteiger partial charge in [0, 0.05) is 52.2 Å². The molecule has 46 heavy (non-hydrogen) atoms. The molecule has 3 aromatic rings. The molecular formula is C36H40N2O5S3. The summed E-state index contributed by atoms with van der Waals surface area (Å²) in [6.07, 6.45) is 2.30. The Hall–Kier alpha value is -3.06. The molecule has 1 aromatic carbocycles. The Bertz CT molecular complexity index is 1520. The van der Waals surface area contributed by atoms with Crippen LogP contribution in [0.25, 0.3) is 5.57 Å². The van der Waals surface area contributed by atoms with Crippen LogP contribution in [-0.4, -0.2) is 100 Å². The van der Waals surface area contributed by atoms with Crippen molar-refractivity contribution in [2.24, 2.45) is 0 Å². The fraction of sp³-hybridized carbons (Fsp3) is 0.417. The van der Waals surface area contributed by atoms with Gasteiger partial charge in [-0.25, -0.2) is 4.79 Å². The summed E-state index contributed by atoms with van der Waals surface area (Å²) in [5.74, 6) is 14.6. The Morgan fingerprint density at radius 1 is 0.891 bits per heavy atom. The van der Waals surface area contributed by atoms with E-state index >= 15 is 0 Å². The van der Waals surface area contributed by atoms with Crippen molar-refractivity contribution in [2.45, 2.75) is 18.7 Å². The number of morpholine rings is 2. The predicted octanol–water partition coefficient (Wildman–Crippen LogP) is 5.65. The second-order valence-electron chi connectivity index (χ2n) is 10.7. The van der Waals surface area contributed by atoms with E-state index in [1.165, 1.54) is 15.3 Å². The summed E-state index contributed by atoms with van der Waals surface area (Å²) < 4.78 is 21.5. The fourth-order valence-corrected chi connectivity index (χ4v) is 7.65. The zero-order valence-electron chi connectivity index (χ0n) is 26.5. The van der Waals surface area contributed by atoms with Gasteiger partial charge in [-0.05, 0) is 61.9 Å². The van der Waals surface area contributed by atoms with Gasteiger partial charge in [-0.1, -0.05) is 29.8 Å². The Labute approximate surface area is 284 Å². The number of nitrogens with zero attached hydrogens (tertiary/aromatic N) is 2. The van der Waals surface area contributed by atoms with E-state index in [1.54, 1.807) is 41.4 Å². The molecule has 2 aliphatic heterocycles. The lowest BCUT2D eigenvalue weighted by Gasteiger charge is -2.24. The van der Waals surface area contributed by atoms with Gasteiger partial charge in [0.15, 0.2) is 6.61 Å². The number of esters is 1. The first-order valence-electron chi connectivity index (χ1n) is 15.6. The van der Waals surface area contributed by atoms with Crippen LogP contribution < -0.4 is 4.74 Å². The number of rotatable bonds is 11. The predicted molar refractivity (Wildman–Crippen MR) is 188 cm³/mol. The maximum absolute atomic E-state index is 11.7. The Morgan fingerprint density at radius 3 is 2.02 bits per heavy atom. The van der Waals surface area contributed by atoms with Gasteiger partial charge in [0.2, 0.25) is 0 Å². The summed E-state index contributed by atoms with van der Waals surface area (Å²) in [6.45, 7) is 12.4. The Morgan fingerprint density at radius 2 is 1.48 bits per heavy atom. The number of ether oxygens (including phenoxy) is 4. The lowest BCUT2D eigenvalue weighted by molar-refractivity contribution is -0.145. The quantitative estimate of drug-likeness (QED) is 0.147. The van der Waals surface area contributed by atoms with Gasteiger partial charge in [-0.3, -0.25) is 9.80 Å². The monoisotopic (exact) mass is 676 g/mol. The molecule has 0 spiro atoms. The first-order valence-corrected chi connectivity index (χ1v) is 18.2. The highest BCUT2D eigenvalue weighted by Gasteiger charge is 2.13. The van der Waals surface area contributed by atoms with Crippen molar-refractivity contribution in [1.82, 2.24) is 9.80 Å². The van der Waals surface area contributed by atoms with Crippen molar-refractivity contribution in [3.8, 4) is 29.4 Å². The van der Waals surface area contributed by atoms with Crippen LogP contribution in [-0.2, 0) is 19.0 Å². The van der Waals surface area contributed by atoms with Gasteiger partial charge >= 0.3 is 5.97 Å². The molecule has 0 saturated carbocycles. The number of carbonyl (C=O) groups excluding carboxylic acids is 1. The van der Waals surface area contributed by atoms with Gasteiger partial charge in [0.25, 0.3) is 0 Å². The van der Waals surface area contributed by atoms with E-state index in [0.717, 1.165) is 91.7 Å². The SMILES string of the molecule is CCOC(=O)COc1ccc(SCC=C(c2ccc(C#CCN3CCOCC3)s2)c2ccc(C#CCN3CCOCC3)s2)cc1C. The Balaban J connectivity index is 1.28. The average Bonchev–Trinajstić information content (AvgIpc) is 3.74. The highest BCUT2D eigenvalue weighted by atomic mass is 32.2. The number of hydrogen-bond donors (Lipinski definition) is 0. The number of aryl methyl sites for hydroxylation is 1. The molecule has 4 heterocycles. The third-order valence-corrected chi connectivity index (χ3v) is 10.3. The minimum Gasteiger partial charge on any atom is -0.482 e. The third kappa shape index (κ3) is 10.8. The maximum Gasteiger partial charge on any atom is 0.344 e. The second kappa shape index (κ2) is 18.3. The Kier molecular flexibility index (Phi) is 13.7. The summed E-state index contributed by atoms with van der Waals surface area (Å²) in [6, 6.07) is 14.7. The number of hydrogen-bond acceptors (Lipinski definition) is 10. The molecule has 0 atom stereocenters. The fourth-order valence-electron chi connectivity index (χ4n) is 4.85. The molecule has 5 rings (SSSR count).